The molecule has 0 aliphatic heterocycles. The highest BCUT2D eigenvalue weighted by molar-refractivity contribution is 9.10. The van der Waals surface area contributed by atoms with Gasteiger partial charge in [-0.15, -0.1) is 23.1 Å². The van der Waals surface area contributed by atoms with Crippen LogP contribution in [0.3, 0.4) is 0 Å². The number of ether oxygens (including phenoxy) is 1. The maximum absolute atomic E-state index is 12.4. The van der Waals surface area contributed by atoms with Crippen LogP contribution < -0.4 is 5.32 Å². The summed E-state index contributed by atoms with van der Waals surface area (Å²) in [5.74, 6) is 0.635. The highest BCUT2D eigenvalue weighted by atomic mass is 79.9. The van der Waals surface area contributed by atoms with Crippen LogP contribution in [0.15, 0.2) is 28.7 Å². The third kappa shape index (κ3) is 4.50. The van der Waals surface area contributed by atoms with E-state index in [1.807, 2.05) is 24.3 Å². The van der Waals surface area contributed by atoms with Gasteiger partial charge in [-0.3, -0.25) is 4.79 Å². The first-order valence-corrected chi connectivity index (χ1v) is 11.2. The number of carbonyl (C=O) groups excluding carboxylic acids is 2. The molecule has 138 valence electrons. The summed E-state index contributed by atoms with van der Waals surface area (Å²) in [6.07, 6.45) is 4.05. The molecule has 1 aromatic carbocycles. The number of fused-ring (bicyclic) bond motifs is 1. The van der Waals surface area contributed by atoms with Crippen LogP contribution in [0.1, 0.15) is 39.2 Å². The molecule has 7 heteroatoms. The average molecular weight is 454 g/mol. The number of hydrogen-bond donors (Lipinski definition) is 1. The average Bonchev–Trinajstić information content (AvgIpc) is 3.00. The number of esters is 1. The van der Waals surface area contributed by atoms with E-state index in [9.17, 15) is 9.59 Å². The van der Waals surface area contributed by atoms with Gasteiger partial charge in [0.05, 0.1) is 18.4 Å². The van der Waals surface area contributed by atoms with Crippen molar-refractivity contribution in [3.05, 3.63) is 50.3 Å². The standard InChI is InChI=1S/C19H20BrNO3S2/c1-24-19(23)17-13-7-3-5-9-15(13)26-18(17)21-16(22)11-25-10-12-6-2-4-8-14(12)20/h2,4,6,8H,3,5,7,9-11H2,1H3,(H,21,22). The SMILES string of the molecule is COC(=O)c1c(NC(=O)CSCc2ccccc2Br)sc2c1CCCC2. The Morgan fingerprint density at radius 2 is 2.04 bits per heavy atom. The lowest BCUT2D eigenvalue weighted by Gasteiger charge is -2.11. The number of aryl methyl sites for hydroxylation is 1. The molecule has 0 radical (unpaired) electrons. The third-order valence-electron chi connectivity index (χ3n) is 4.26. The molecular formula is C19H20BrNO3S2. The number of carbonyl (C=O) groups is 2. The Labute approximate surface area is 169 Å². The lowest BCUT2D eigenvalue weighted by Crippen LogP contribution is -2.16. The second kappa shape index (κ2) is 9.06. The van der Waals surface area contributed by atoms with Crippen LogP contribution in [-0.4, -0.2) is 24.7 Å². The smallest absolute Gasteiger partial charge is 0.341 e. The zero-order chi connectivity index (χ0) is 18.5. The van der Waals surface area contributed by atoms with Gasteiger partial charge in [-0.1, -0.05) is 34.1 Å². The van der Waals surface area contributed by atoms with Gasteiger partial charge >= 0.3 is 5.97 Å². The van der Waals surface area contributed by atoms with Gasteiger partial charge in [-0.05, 0) is 42.9 Å². The van der Waals surface area contributed by atoms with Crippen molar-refractivity contribution in [2.24, 2.45) is 0 Å². The molecule has 2 aromatic rings. The van der Waals surface area contributed by atoms with Crippen molar-refractivity contribution in [3.63, 3.8) is 0 Å². The van der Waals surface area contributed by atoms with Gasteiger partial charge in [0.25, 0.3) is 0 Å². The van der Waals surface area contributed by atoms with Gasteiger partial charge in [0.2, 0.25) is 5.91 Å². The Kier molecular flexibility index (Phi) is 6.78. The molecule has 1 heterocycles. The minimum Gasteiger partial charge on any atom is -0.465 e. The number of benzene rings is 1. The molecule has 1 aliphatic carbocycles. The zero-order valence-electron chi connectivity index (χ0n) is 14.5. The van der Waals surface area contributed by atoms with E-state index >= 15 is 0 Å². The molecule has 0 fully saturated rings. The lowest BCUT2D eigenvalue weighted by atomic mass is 9.95. The van der Waals surface area contributed by atoms with E-state index in [0.29, 0.717) is 16.3 Å². The fourth-order valence-corrected chi connectivity index (χ4v) is 5.74. The maximum atomic E-state index is 12.4. The Hall–Kier alpha value is -1.31. The summed E-state index contributed by atoms with van der Waals surface area (Å²) in [6.45, 7) is 0. The van der Waals surface area contributed by atoms with Crippen LogP contribution in [0, 0.1) is 0 Å². The molecule has 3 rings (SSSR count). The summed E-state index contributed by atoms with van der Waals surface area (Å²) in [5, 5.41) is 3.56. The predicted octanol–water partition coefficient (Wildman–Crippen LogP) is 5.05. The molecule has 4 nitrogen and oxygen atoms in total. The molecule has 0 atom stereocenters. The molecule has 1 aromatic heterocycles. The molecular weight excluding hydrogens is 434 g/mol. The van der Waals surface area contributed by atoms with Crippen LogP contribution in [0.2, 0.25) is 0 Å². The van der Waals surface area contributed by atoms with Crippen LogP contribution in [0.4, 0.5) is 5.00 Å². The molecule has 1 N–H and O–H groups in total. The van der Waals surface area contributed by atoms with E-state index < -0.39 is 0 Å². The summed E-state index contributed by atoms with van der Waals surface area (Å²) in [6, 6.07) is 7.99. The van der Waals surface area contributed by atoms with Crippen molar-refractivity contribution in [3.8, 4) is 0 Å². The van der Waals surface area contributed by atoms with Crippen LogP contribution in [0.5, 0.6) is 0 Å². The van der Waals surface area contributed by atoms with Crippen LogP contribution in [0.25, 0.3) is 0 Å². The van der Waals surface area contributed by atoms with Gasteiger partial charge < -0.3 is 10.1 Å². The monoisotopic (exact) mass is 453 g/mol. The fraction of sp³-hybridized carbons (Fsp3) is 0.368. The maximum Gasteiger partial charge on any atom is 0.341 e. The highest BCUT2D eigenvalue weighted by Crippen LogP contribution is 2.38. The van der Waals surface area contributed by atoms with E-state index in [4.69, 9.17) is 4.74 Å². The van der Waals surface area contributed by atoms with E-state index in [1.165, 1.54) is 23.3 Å². The van der Waals surface area contributed by atoms with E-state index in [2.05, 4.69) is 21.2 Å². The predicted molar refractivity (Wildman–Crippen MR) is 111 cm³/mol. The van der Waals surface area contributed by atoms with Crippen molar-refractivity contribution in [2.45, 2.75) is 31.4 Å². The zero-order valence-corrected chi connectivity index (χ0v) is 17.7. The van der Waals surface area contributed by atoms with Crippen molar-refractivity contribution in [1.29, 1.82) is 0 Å². The minimum absolute atomic E-state index is 0.0918. The van der Waals surface area contributed by atoms with E-state index in [1.54, 1.807) is 11.8 Å². The summed E-state index contributed by atoms with van der Waals surface area (Å²) >= 11 is 6.59. The number of thiophene rings is 1. The van der Waals surface area contributed by atoms with E-state index in [-0.39, 0.29) is 11.9 Å². The number of amides is 1. The summed E-state index contributed by atoms with van der Waals surface area (Å²) in [7, 11) is 1.38. The van der Waals surface area contributed by atoms with Gasteiger partial charge in [0.1, 0.15) is 5.00 Å². The van der Waals surface area contributed by atoms with Crippen molar-refractivity contribution >= 4 is 55.9 Å². The molecule has 0 unspecified atom stereocenters. The first-order chi connectivity index (χ1) is 12.6. The van der Waals surface area contributed by atoms with Crippen LogP contribution >= 0.6 is 39.0 Å². The molecule has 0 bridgehead atoms. The van der Waals surface area contributed by atoms with Gasteiger partial charge in [-0.2, -0.15) is 0 Å². The number of methoxy groups -OCH3 is 1. The van der Waals surface area contributed by atoms with Crippen molar-refractivity contribution in [1.82, 2.24) is 0 Å². The van der Waals surface area contributed by atoms with Gasteiger partial charge in [0.15, 0.2) is 0 Å². The number of hydrogen-bond acceptors (Lipinski definition) is 5. The van der Waals surface area contributed by atoms with E-state index in [0.717, 1.165) is 47.0 Å². The first-order valence-electron chi connectivity index (χ1n) is 8.44. The minimum atomic E-state index is -0.361. The Bertz CT molecular complexity index is 819. The summed E-state index contributed by atoms with van der Waals surface area (Å²) < 4.78 is 5.99. The lowest BCUT2D eigenvalue weighted by molar-refractivity contribution is -0.113. The third-order valence-corrected chi connectivity index (χ3v) is 7.22. The Balaban J connectivity index is 1.64. The number of rotatable bonds is 6. The molecule has 0 saturated heterocycles. The van der Waals surface area contributed by atoms with Crippen molar-refractivity contribution in [2.75, 3.05) is 18.2 Å². The molecule has 1 amide bonds. The molecule has 0 spiro atoms. The largest absolute Gasteiger partial charge is 0.465 e. The topological polar surface area (TPSA) is 55.4 Å². The number of nitrogens with one attached hydrogen (secondary N) is 1. The first kappa shape index (κ1) is 19.5. The Morgan fingerprint density at radius 3 is 2.81 bits per heavy atom. The van der Waals surface area contributed by atoms with Gasteiger partial charge in [-0.25, -0.2) is 4.79 Å². The summed E-state index contributed by atoms with van der Waals surface area (Å²) in [4.78, 5) is 25.8. The molecule has 26 heavy (non-hydrogen) atoms. The number of thioether (sulfide) groups is 1. The Morgan fingerprint density at radius 1 is 1.27 bits per heavy atom. The second-order valence-corrected chi connectivity index (χ2v) is 8.98. The number of halogens is 1. The van der Waals surface area contributed by atoms with Gasteiger partial charge in [0, 0.05) is 15.1 Å². The normalized spacial score (nSPS) is 13.2. The van der Waals surface area contributed by atoms with Crippen LogP contribution in [-0.2, 0) is 28.1 Å². The fourth-order valence-electron chi connectivity index (χ4n) is 3.00. The quantitative estimate of drug-likeness (QED) is 0.621. The molecule has 1 aliphatic rings. The highest BCUT2D eigenvalue weighted by Gasteiger charge is 2.26. The molecule has 0 saturated carbocycles. The number of anilines is 1. The van der Waals surface area contributed by atoms with Crippen molar-refractivity contribution < 1.29 is 14.3 Å². The second-order valence-electron chi connectivity index (χ2n) is 6.04. The summed E-state index contributed by atoms with van der Waals surface area (Å²) in [5.41, 5.74) is 2.77.